The first-order valence-electron chi connectivity index (χ1n) is 4.73. The van der Waals surface area contributed by atoms with E-state index in [0.717, 1.165) is 0 Å². The van der Waals surface area contributed by atoms with Crippen LogP contribution >= 0.6 is 0 Å². The Kier molecular flexibility index (Phi) is 8.16. The Labute approximate surface area is 147 Å². The van der Waals surface area contributed by atoms with Crippen LogP contribution < -0.4 is 79.1 Å². The van der Waals surface area contributed by atoms with Gasteiger partial charge in [-0.1, -0.05) is 79.6 Å². The second kappa shape index (κ2) is 7.89. The van der Waals surface area contributed by atoms with Gasteiger partial charge in [0.25, 0.3) is 0 Å². The summed E-state index contributed by atoms with van der Waals surface area (Å²) in [6, 6.07) is 17.0. The molecule has 0 heterocycles. The number of benzene rings is 2. The quantitative estimate of drug-likeness (QED) is 0.504. The maximum Gasteiger partial charge on any atom is 1.00 e. The summed E-state index contributed by atoms with van der Waals surface area (Å²) in [4.78, 5) is 24.2. The van der Waals surface area contributed by atoms with Crippen molar-refractivity contribution in [2.24, 2.45) is 0 Å². The molecule has 2 nitrogen and oxygen atoms in total. The summed E-state index contributed by atoms with van der Waals surface area (Å²) in [7, 11) is -3.96. The van der Waals surface area contributed by atoms with Crippen LogP contribution in [0.15, 0.2) is 60.7 Å². The van der Waals surface area contributed by atoms with Crippen LogP contribution in [0.1, 0.15) is 0 Å². The molecule has 0 spiro atoms. The summed E-state index contributed by atoms with van der Waals surface area (Å²) in [5.74, 6) is 0. The first kappa shape index (κ1) is 17.6. The minimum atomic E-state index is -3.96. The Morgan fingerprint density at radius 1 is 0.588 bits per heavy atom. The van der Waals surface area contributed by atoms with Gasteiger partial charge in [0, 0.05) is 0 Å². The van der Waals surface area contributed by atoms with E-state index in [-0.39, 0.29) is 59.1 Å². The van der Waals surface area contributed by atoms with E-state index in [1.807, 2.05) is 0 Å². The second-order valence-corrected chi connectivity index (χ2v) is 5.74. The summed E-state index contributed by atoms with van der Waals surface area (Å²) < 4.78 is 0. The Morgan fingerprint density at radius 2 is 0.882 bits per heavy atom. The molecular formula is C12H10Na2O2Si. The molecule has 0 radical (unpaired) electrons. The van der Waals surface area contributed by atoms with Crippen molar-refractivity contribution in [1.29, 1.82) is 0 Å². The van der Waals surface area contributed by atoms with Gasteiger partial charge < -0.3 is 9.59 Å². The summed E-state index contributed by atoms with van der Waals surface area (Å²) in [6.45, 7) is 0. The van der Waals surface area contributed by atoms with Crippen molar-refractivity contribution in [3.63, 3.8) is 0 Å². The van der Waals surface area contributed by atoms with Crippen LogP contribution in [0.25, 0.3) is 0 Å². The third-order valence-corrected chi connectivity index (χ3v) is 4.49. The molecule has 0 unspecified atom stereocenters. The summed E-state index contributed by atoms with van der Waals surface area (Å²) in [5, 5.41) is 0.771. The van der Waals surface area contributed by atoms with Gasteiger partial charge in [-0.2, -0.15) is 0 Å². The van der Waals surface area contributed by atoms with Crippen LogP contribution in [0.4, 0.5) is 0 Å². The molecule has 0 aliphatic rings. The van der Waals surface area contributed by atoms with Gasteiger partial charge >= 0.3 is 59.1 Å². The molecule has 0 saturated heterocycles. The first-order valence-corrected chi connectivity index (χ1v) is 6.55. The van der Waals surface area contributed by atoms with Gasteiger partial charge in [-0.3, -0.25) is 0 Å². The third-order valence-electron chi connectivity index (χ3n) is 2.31. The van der Waals surface area contributed by atoms with Crippen molar-refractivity contribution < 1.29 is 68.7 Å². The summed E-state index contributed by atoms with van der Waals surface area (Å²) in [6.07, 6.45) is 0. The van der Waals surface area contributed by atoms with Crippen LogP contribution in [0.2, 0.25) is 0 Å². The zero-order valence-corrected chi connectivity index (χ0v) is 15.1. The standard InChI is InChI=1S/C12H10O2Si.2Na/c13-15(14,11-7-3-1-4-8-11)12-9-5-2-6-10-12;;/h1-10H;;/q-2;2*+1. The number of rotatable bonds is 2. The van der Waals surface area contributed by atoms with E-state index in [0.29, 0.717) is 10.4 Å². The van der Waals surface area contributed by atoms with E-state index < -0.39 is 8.56 Å². The monoisotopic (exact) mass is 260 g/mol. The van der Waals surface area contributed by atoms with E-state index in [2.05, 4.69) is 0 Å². The third kappa shape index (κ3) is 4.31. The molecule has 17 heavy (non-hydrogen) atoms. The molecule has 0 bridgehead atoms. The molecule has 0 aromatic heterocycles. The van der Waals surface area contributed by atoms with Gasteiger partial charge in [-0.05, 0) is 0 Å². The maximum atomic E-state index is 12.1. The van der Waals surface area contributed by atoms with Crippen LogP contribution in [0.5, 0.6) is 0 Å². The summed E-state index contributed by atoms with van der Waals surface area (Å²) in [5.41, 5.74) is 0. The first-order chi connectivity index (χ1) is 7.21. The molecule has 0 aliphatic heterocycles. The van der Waals surface area contributed by atoms with Crippen molar-refractivity contribution in [2.45, 2.75) is 0 Å². The molecule has 0 fully saturated rings. The van der Waals surface area contributed by atoms with E-state index in [9.17, 15) is 9.59 Å². The molecule has 2 aromatic carbocycles. The predicted molar refractivity (Wildman–Crippen MR) is 57.9 cm³/mol. The van der Waals surface area contributed by atoms with Crippen molar-refractivity contribution in [3.8, 4) is 0 Å². The Balaban J connectivity index is 0.00000128. The fourth-order valence-electron chi connectivity index (χ4n) is 1.48. The van der Waals surface area contributed by atoms with Crippen molar-refractivity contribution >= 4 is 18.9 Å². The fourth-order valence-corrected chi connectivity index (χ4v) is 3.08. The zero-order valence-electron chi connectivity index (χ0n) is 10.1. The molecule has 76 valence electrons. The van der Waals surface area contributed by atoms with Gasteiger partial charge in [-0.15, -0.1) is 0 Å². The van der Waals surface area contributed by atoms with E-state index in [4.69, 9.17) is 0 Å². The minimum Gasteiger partial charge on any atom is -0.863 e. The molecule has 0 saturated carbocycles. The predicted octanol–water partition coefficient (Wildman–Crippen LogP) is -7.03. The van der Waals surface area contributed by atoms with Gasteiger partial charge in [-0.25, -0.2) is 0 Å². The molecule has 2 rings (SSSR count). The fraction of sp³-hybridized carbons (Fsp3) is 0. The largest absolute Gasteiger partial charge is 1.00 e. The molecule has 5 heteroatoms. The average Bonchev–Trinajstić information content (AvgIpc) is 2.31. The second-order valence-electron chi connectivity index (χ2n) is 3.35. The summed E-state index contributed by atoms with van der Waals surface area (Å²) >= 11 is 0. The van der Waals surface area contributed by atoms with Crippen LogP contribution in [-0.2, 0) is 0 Å². The Hall–Kier alpha value is 0.577. The SMILES string of the molecule is [Na+].[Na+].[O-][Si]([O-])(c1ccccc1)c1ccccc1. The zero-order chi connectivity index (χ0) is 10.7. The normalized spacial score (nSPS) is 10.0. The Morgan fingerprint density at radius 3 is 1.18 bits per heavy atom. The topological polar surface area (TPSA) is 46.1 Å². The maximum absolute atomic E-state index is 12.1. The van der Waals surface area contributed by atoms with E-state index in [1.54, 1.807) is 60.7 Å². The van der Waals surface area contributed by atoms with Crippen LogP contribution in [-0.4, -0.2) is 8.56 Å². The van der Waals surface area contributed by atoms with Gasteiger partial charge in [0.2, 0.25) is 0 Å². The number of hydrogen-bond donors (Lipinski definition) is 0. The molecule has 0 atom stereocenters. The van der Waals surface area contributed by atoms with Crippen LogP contribution in [0, 0.1) is 0 Å². The average molecular weight is 260 g/mol. The minimum absolute atomic E-state index is 0. The molecule has 0 aliphatic carbocycles. The molecule has 0 N–H and O–H groups in total. The van der Waals surface area contributed by atoms with Gasteiger partial charge in [0.1, 0.15) is 0 Å². The van der Waals surface area contributed by atoms with Crippen LogP contribution in [0.3, 0.4) is 0 Å². The molecule has 2 aromatic rings. The van der Waals surface area contributed by atoms with Crippen molar-refractivity contribution in [3.05, 3.63) is 60.7 Å². The Bertz CT molecular complexity index is 393. The van der Waals surface area contributed by atoms with Gasteiger partial charge in [0.05, 0.1) is 0 Å². The smallest absolute Gasteiger partial charge is 0.863 e. The molecular weight excluding hydrogens is 250 g/mol. The molecule has 0 amide bonds. The van der Waals surface area contributed by atoms with E-state index in [1.165, 1.54) is 0 Å². The van der Waals surface area contributed by atoms with Gasteiger partial charge in [0.15, 0.2) is 0 Å². The van der Waals surface area contributed by atoms with E-state index >= 15 is 0 Å². The number of hydrogen-bond acceptors (Lipinski definition) is 2. The van der Waals surface area contributed by atoms with Crippen molar-refractivity contribution in [1.82, 2.24) is 0 Å². The van der Waals surface area contributed by atoms with Crippen molar-refractivity contribution in [2.75, 3.05) is 0 Å².